The predicted octanol–water partition coefficient (Wildman–Crippen LogP) is 6.33. The summed E-state index contributed by atoms with van der Waals surface area (Å²) in [5.41, 5.74) is 1.96. The molecule has 1 fully saturated rings. The smallest absolute Gasteiger partial charge is 0.407 e. The number of hydrogen-bond donors (Lipinski definition) is 2. The van der Waals surface area contributed by atoms with Gasteiger partial charge in [-0.25, -0.2) is 9.59 Å². The van der Waals surface area contributed by atoms with Gasteiger partial charge in [-0.05, 0) is 82.1 Å². The van der Waals surface area contributed by atoms with Gasteiger partial charge < -0.3 is 19.9 Å². The number of carbonyl (C=O) groups is 4. The predicted molar refractivity (Wildman–Crippen MR) is 152 cm³/mol. The molecule has 0 heterocycles. The van der Waals surface area contributed by atoms with Gasteiger partial charge in [-0.3, -0.25) is 9.59 Å². The van der Waals surface area contributed by atoms with Gasteiger partial charge in [-0.1, -0.05) is 41.9 Å². The number of carboxylic acid groups (broad SMARTS) is 1. The van der Waals surface area contributed by atoms with E-state index in [2.05, 4.69) is 5.32 Å². The summed E-state index contributed by atoms with van der Waals surface area (Å²) in [7, 11) is 1.33. The van der Waals surface area contributed by atoms with Crippen LogP contribution in [0.5, 0.6) is 0 Å². The van der Waals surface area contributed by atoms with Crippen molar-refractivity contribution in [1.29, 1.82) is 0 Å². The molecule has 3 rings (SSSR count). The van der Waals surface area contributed by atoms with E-state index in [9.17, 15) is 19.2 Å². The highest BCUT2D eigenvalue weighted by Crippen LogP contribution is 2.32. The molecule has 1 saturated carbocycles. The number of nitrogens with one attached hydrogen (secondary N) is 1. The summed E-state index contributed by atoms with van der Waals surface area (Å²) < 4.78 is 10.3. The van der Waals surface area contributed by atoms with Gasteiger partial charge in [0.1, 0.15) is 11.4 Å². The van der Waals surface area contributed by atoms with Crippen LogP contribution >= 0.6 is 11.6 Å². The SMILES string of the molecule is COC(=O)C(CC(=O)C1CCC(CNC(=O)OC(C)(C)C)CC1)Cc1ccc(-c2ccc(C(=O)O)cc2Cl)cc1. The second kappa shape index (κ2) is 13.8. The number of amides is 1. The van der Waals surface area contributed by atoms with E-state index in [0.29, 0.717) is 29.5 Å². The molecule has 1 atom stereocenters. The Kier molecular flexibility index (Phi) is 10.7. The number of ether oxygens (including phenoxy) is 2. The lowest BCUT2D eigenvalue weighted by Gasteiger charge is -2.29. The van der Waals surface area contributed by atoms with E-state index in [4.69, 9.17) is 26.2 Å². The van der Waals surface area contributed by atoms with Crippen molar-refractivity contribution in [3.05, 3.63) is 58.6 Å². The molecule has 0 aromatic heterocycles. The molecule has 1 aliphatic carbocycles. The van der Waals surface area contributed by atoms with E-state index in [1.54, 1.807) is 6.07 Å². The minimum absolute atomic E-state index is 0.0656. The van der Waals surface area contributed by atoms with E-state index < -0.39 is 29.6 Å². The molecule has 9 heteroatoms. The van der Waals surface area contributed by atoms with Crippen molar-refractivity contribution in [2.75, 3.05) is 13.7 Å². The normalized spacial score (nSPS) is 17.9. The number of aromatic carboxylic acids is 1. The number of carboxylic acids is 1. The van der Waals surface area contributed by atoms with Gasteiger partial charge in [0.2, 0.25) is 0 Å². The number of rotatable bonds is 10. The number of esters is 1. The molecule has 0 bridgehead atoms. The molecule has 1 amide bonds. The van der Waals surface area contributed by atoms with Crippen molar-refractivity contribution in [3.63, 3.8) is 0 Å². The number of carbonyl (C=O) groups excluding carboxylic acids is 3. The molecule has 40 heavy (non-hydrogen) atoms. The topological polar surface area (TPSA) is 119 Å². The first-order chi connectivity index (χ1) is 18.9. The Labute approximate surface area is 240 Å². The Bertz CT molecular complexity index is 1210. The Morgan fingerprint density at radius 3 is 2.23 bits per heavy atom. The molecule has 8 nitrogen and oxygen atoms in total. The molecule has 216 valence electrons. The highest BCUT2D eigenvalue weighted by atomic mass is 35.5. The zero-order valence-electron chi connectivity index (χ0n) is 23.5. The molecule has 0 radical (unpaired) electrons. The van der Waals surface area contributed by atoms with Crippen LogP contribution in [0.4, 0.5) is 4.79 Å². The van der Waals surface area contributed by atoms with Crippen LogP contribution in [0.3, 0.4) is 0 Å². The van der Waals surface area contributed by atoms with Crippen LogP contribution in [0, 0.1) is 17.8 Å². The average molecular weight is 572 g/mol. The minimum Gasteiger partial charge on any atom is -0.478 e. The number of halogens is 1. The average Bonchev–Trinajstić information content (AvgIpc) is 2.90. The van der Waals surface area contributed by atoms with Gasteiger partial charge in [0.25, 0.3) is 0 Å². The van der Waals surface area contributed by atoms with Crippen molar-refractivity contribution in [3.8, 4) is 11.1 Å². The van der Waals surface area contributed by atoms with Crippen LogP contribution in [0.2, 0.25) is 5.02 Å². The van der Waals surface area contributed by atoms with Crippen LogP contribution in [0.15, 0.2) is 42.5 Å². The maximum atomic E-state index is 13.1. The molecule has 0 saturated heterocycles. The molecule has 0 aliphatic heterocycles. The summed E-state index contributed by atoms with van der Waals surface area (Å²) in [6.45, 7) is 5.98. The molecule has 2 aromatic rings. The molecule has 2 N–H and O–H groups in total. The summed E-state index contributed by atoms with van der Waals surface area (Å²) >= 11 is 6.30. The summed E-state index contributed by atoms with van der Waals surface area (Å²) in [6, 6.07) is 12.1. The van der Waals surface area contributed by atoms with Gasteiger partial charge in [0.05, 0.1) is 18.6 Å². The summed E-state index contributed by atoms with van der Waals surface area (Å²) in [6.07, 6.45) is 3.15. The lowest BCUT2D eigenvalue weighted by Crippen LogP contribution is -2.36. The first-order valence-corrected chi connectivity index (χ1v) is 13.9. The van der Waals surface area contributed by atoms with Gasteiger partial charge in [0, 0.05) is 29.5 Å². The van der Waals surface area contributed by atoms with Gasteiger partial charge >= 0.3 is 18.0 Å². The Balaban J connectivity index is 1.55. The monoisotopic (exact) mass is 571 g/mol. The minimum atomic E-state index is -1.05. The highest BCUT2D eigenvalue weighted by Gasteiger charge is 2.31. The van der Waals surface area contributed by atoms with Crippen molar-refractivity contribution in [1.82, 2.24) is 5.32 Å². The van der Waals surface area contributed by atoms with E-state index in [1.807, 2.05) is 45.0 Å². The second-order valence-electron chi connectivity index (χ2n) is 11.4. The Morgan fingerprint density at radius 1 is 1.02 bits per heavy atom. The number of ketones is 1. The first kappa shape index (κ1) is 31.1. The quantitative estimate of drug-likeness (QED) is 0.320. The van der Waals surface area contributed by atoms with E-state index in [1.165, 1.54) is 19.2 Å². The van der Waals surface area contributed by atoms with Gasteiger partial charge in [-0.15, -0.1) is 0 Å². The molecule has 0 spiro atoms. The standard InChI is InChI=1S/C31H38ClNO7/c1-31(2,3)40-30(38)33-18-20-7-11-22(12-8-20)27(34)17-24(29(37)39-4)15-19-5-9-21(10-6-19)25-14-13-23(28(35)36)16-26(25)32/h5-6,9-10,13-14,16,20,22,24H,7-8,11-12,15,17-18H2,1-4H3,(H,33,38)(H,35,36). The molecule has 2 aromatic carbocycles. The number of benzene rings is 2. The van der Waals surface area contributed by atoms with Crippen molar-refractivity contribution < 1.29 is 33.8 Å². The maximum absolute atomic E-state index is 13.1. The van der Waals surface area contributed by atoms with Crippen LogP contribution < -0.4 is 5.32 Å². The second-order valence-corrected chi connectivity index (χ2v) is 11.8. The highest BCUT2D eigenvalue weighted by molar-refractivity contribution is 6.33. The van der Waals surface area contributed by atoms with Crippen LogP contribution in [-0.2, 0) is 25.5 Å². The van der Waals surface area contributed by atoms with Crippen LogP contribution in [0.25, 0.3) is 11.1 Å². The third-order valence-corrected chi connectivity index (χ3v) is 7.49. The Morgan fingerprint density at radius 2 is 1.68 bits per heavy atom. The maximum Gasteiger partial charge on any atom is 0.407 e. The number of hydrogen-bond acceptors (Lipinski definition) is 6. The van der Waals surface area contributed by atoms with Crippen molar-refractivity contribution >= 4 is 35.4 Å². The zero-order valence-corrected chi connectivity index (χ0v) is 24.3. The molecular weight excluding hydrogens is 534 g/mol. The summed E-state index contributed by atoms with van der Waals surface area (Å²) in [5, 5.41) is 12.3. The molecule has 1 aliphatic rings. The first-order valence-electron chi connectivity index (χ1n) is 13.6. The van der Waals surface area contributed by atoms with Crippen molar-refractivity contribution in [2.45, 2.75) is 64.9 Å². The fourth-order valence-corrected chi connectivity index (χ4v) is 5.32. The van der Waals surface area contributed by atoms with Gasteiger partial charge in [0.15, 0.2) is 0 Å². The van der Waals surface area contributed by atoms with E-state index in [0.717, 1.165) is 36.8 Å². The fraction of sp³-hybridized carbons (Fsp3) is 0.484. The molecular formula is C31H38ClNO7. The number of Topliss-reactive ketones (excluding diaryl/α,β-unsaturated/α-hetero) is 1. The fourth-order valence-electron chi connectivity index (χ4n) is 5.03. The Hall–Kier alpha value is -3.39. The van der Waals surface area contributed by atoms with E-state index in [-0.39, 0.29) is 23.7 Å². The summed E-state index contributed by atoms with van der Waals surface area (Å²) in [4.78, 5) is 48.8. The number of alkyl carbamates (subject to hydrolysis) is 1. The van der Waals surface area contributed by atoms with E-state index >= 15 is 0 Å². The van der Waals surface area contributed by atoms with Crippen LogP contribution in [0.1, 0.15) is 68.8 Å². The summed E-state index contributed by atoms with van der Waals surface area (Å²) in [5.74, 6) is -1.80. The lowest BCUT2D eigenvalue weighted by atomic mass is 9.77. The third-order valence-electron chi connectivity index (χ3n) is 7.18. The third kappa shape index (κ3) is 9.08. The number of methoxy groups -OCH3 is 1. The largest absolute Gasteiger partial charge is 0.478 e. The van der Waals surface area contributed by atoms with Crippen molar-refractivity contribution in [2.24, 2.45) is 17.8 Å². The lowest BCUT2D eigenvalue weighted by molar-refractivity contribution is -0.147. The zero-order chi connectivity index (χ0) is 29.4. The van der Waals surface area contributed by atoms with Gasteiger partial charge in [-0.2, -0.15) is 0 Å². The van der Waals surface area contributed by atoms with Crippen LogP contribution in [-0.4, -0.2) is 48.2 Å². The molecule has 1 unspecified atom stereocenters.